The number of hydrogen-bond acceptors (Lipinski definition) is 6. The molecule has 0 spiro atoms. The van der Waals surface area contributed by atoms with Gasteiger partial charge in [-0.2, -0.15) is 13.2 Å². The Morgan fingerprint density at radius 1 is 1.16 bits per heavy atom. The largest absolute Gasteiger partial charge is 0.467 e. The molecule has 1 unspecified atom stereocenters. The van der Waals surface area contributed by atoms with Gasteiger partial charge in [0.05, 0.1) is 25.7 Å². The Labute approximate surface area is 140 Å². The number of carbonyl (C=O) groups is 3. The minimum absolute atomic E-state index is 0.0624. The molecule has 1 aromatic rings. The van der Waals surface area contributed by atoms with E-state index in [-0.39, 0.29) is 17.9 Å². The standard InChI is InChI=1S/C15H16F3NO6/c1-3-25-12(21)9-4-6-10(7-5-9)19-11(20)8-14(23,13(22)24-2)15(16,17)18/h4-7,23H,3,8H2,1-2H3,(H,19,20). The van der Waals surface area contributed by atoms with Crippen molar-refractivity contribution in [3.05, 3.63) is 29.8 Å². The summed E-state index contributed by atoms with van der Waals surface area (Å²) in [5, 5.41) is 11.6. The molecule has 0 bridgehead atoms. The fourth-order valence-electron chi connectivity index (χ4n) is 1.80. The number of halogens is 3. The maximum Gasteiger partial charge on any atom is 0.428 e. The number of anilines is 1. The molecular weight excluding hydrogens is 347 g/mol. The summed E-state index contributed by atoms with van der Waals surface area (Å²) in [4.78, 5) is 34.4. The average Bonchev–Trinajstić information content (AvgIpc) is 2.53. The second-order valence-corrected chi connectivity index (χ2v) is 4.87. The monoisotopic (exact) mass is 363 g/mol. The van der Waals surface area contributed by atoms with Crippen LogP contribution in [0.4, 0.5) is 18.9 Å². The van der Waals surface area contributed by atoms with Crippen LogP contribution in [0, 0.1) is 0 Å². The van der Waals surface area contributed by atoms with Gasteiger partial charge in [-0.05, 0) is 31.2 Å². The molecule has 0 aromatic heterocycles. The second kappa shape index (κ2) is 7.97. The van der Waals surface area contributed by atoms with Gasteiger partial charge in [0.2, 0.25) is 5.91 Å². The van der Waals surface area contributed by atoms with E-state index in [2.05, 4.69) is 10.1 Å². The summed E-state index contributed by atoms with van der Waals surface area (Å²) in [7, 11) is 0.658. The Morgan fingerprint density at radius 3 is 2.16 bits per heavy atom. The normalized spacial score (nSPS) is 13.5. The lowest BCUT2D eigenvalue weighted by Crippen LogP contribution is -2.54. The minimum Gasteiger partial charge on any atom is -0.467 e. The van der Waals surface area contributed by atoms with Crippen LogP contribution in [0.25, 0.3) is 0 Å². The number of carbonyl (C=O) groups excluding carboxylic acids is 3. The SMILES string of the molecule is CCOC(=O)c1ccc(NC(=O)CC(O)(C(=O)OC)C(F)(F)F)cc1. The van der Waals surface area contributed by atoms with Crippen molar-refractivity contribution < 1.29 is 42.1 Å². The summed E-state index contributed by atoms with van der Waals surface area (Å²) in [6, 6.07) is 5.11. The molecule has 1 atom stereocenters. The van der Waals surface area contributed by atoms with E-state index in [9.17, 15) is 32.7 Å². The number of rotatable bonds is 6. The number of aliphatic hydroxyl groups is 1. The Hall–Kier alpha value is -2.62. The van der Waals surface area contributed by atoms with Crippen molar-refractivity contribution in [2.45, 2.75) is 25.1 Å². The lowest BCUT2D eigenvalue weighted by Gasteiger charge is -2.26. The first-order valence-electron chi connectivity index (χ1n) is 6.99. The Morgan fingerprint density at radius 2 is 1.72 bits per heavy atom. The van der Waals surface area contributed by atoms with E-state index in [1.165, 1.54) is 24.3 Å². The predicted molar refractivity (Wildman–Crippen MR) is 78.7 cm³/mol. The maximum atomic E-state index is 12.9. The van der Waals surface area contributed by atoms with Crippen LogP contribution in [0.5, 0.6) is 0 Å². The first kappa shape index (κ1) is 20.4. The van der Waals surface area contributed by atoms with E-state index in [0.29, 0.717) is 7.11 Å². The number of nitrogens with one attached hydrogen (secondary N) is 1. The van der Waals surface area contributed by atoms with Crippen molar-refractivity contribution in [1.82, 2.24) is 0 Å². The molecular formula is C15H16F3NO6. The number of hydrogen-bond donors (Lipinski definition) is 2. The van der Waals surface area contributed by atoms with Crippen LogP contribution in [0.2, 0.25) is 0 Å². The first-order chi connectivity index (χ1) is 11.5. The molecule has 0 aliphatic carbocycles. The van der Waals surface area contributed by atoms with Crippen molar-refractivity contribution in [3.63, 3.8) is 0 Å². The number of alkyl halides is 3. The van der Waals surface area contributed by atoms with E-state index in [1.54, 1.807) is 6.92 Å². The molecule has 1 rings (SSSR count). The minimum atomic E-state index is -5.40. The van der Waals surface area contributed by atoms with E-state index in [4.69, 9.17) is 4.74 Å². The number of ether oxygens (including phenoxy) is 2. The maximum absolute atomic E-state index is 12.9. The molecule has 1 amide bonds. The van der Waals surface area contributed by atoms with Crippen molar-refractivity contribution in [2.75, 3.05) is 19.0 Å². The Balaban J connectivity index is 2.84. The number of esters is 2. The molecule has 138 valence electrons. The molecule has 0 radical (unpaired) electrons. The summed E-state index contributed by atoms with van der Waals surface area (Å²) >= 11 is 0. The van der Waals surface area contributed by atoms with Crippen molar-refractivity contribution in [3.8, 4) is 0 Å². The van der Waals surface area contributed by atoms with Crippen molar-refractivity contribution >= 4 is 23.5 Å². The van der Waals surface area contributed by atoms with Gasteiger partial charge in [-0.1, -0.05) is 0 Å². The number of benzene rings is 1. The molecule has 0 aliphatic rings. The molecule has 7 nitrogen and oxygen atoms in total. The van der Waals surface area contributed by atoms with Crippen LogP contribution < -0.4 is 5.32 Å². The number of methoxy groups -OCH3 is 1. The lowest BCUT2D eigenvalue weighted by atomic mass is 9.98. The van der Waals surface area contributed by atoms with Crippen molar-refractivity contribution in [2.24, 2.45) is 0 Å². The molecule has 0 heterocycles. The van der Waals surface area contributed by atoms with Gasteiger partial charge in [-0.25, -0.2) is 9.59 Å². The smallest absolute Gasteiger partial charge is 0.428 e. The van der Waals surface area contributed by atoms with E-state index >= 15 is 0 Å². The molecule has 10 heteroatoms. The van der Waals surface area contributed by atoms with Gasteiger partial charge < -0.3 is 19.9 Å². The second-order valence-electron chi connectivity index (χ2n) is 4.87. The van der Waals surface area contributed by atoms with Gasteiger partial charge >= 0.3 is 18.1 Å². The van der Waals surface area contributed by atoms with Crippen LogP contribution in [0.1, 0.15) is 23.7 Å². The molecule has 0 saturated heterocycles. The molecule has 2 N–H and O–H groups in total. The van der Waals surface area contributed by atoms with Crippen LogP contribution in [0.15, 0.2) is 24.3 Å². The first-order valence-corrected chi connectivity index (χ1v) is 6.99. The van der Waals surface area contributed by atoms with Gasteiger partial charge in [0.25, 0.3) is 5.60 Å². The van der Waals surface area contributed by atoms with Crippen molar-refractivity contribution in [1.29, 1.82) is 0 Å². The molecule has 1 aromatic carbocycles. The topological polar surface area (TPSA) is 102 Å². The zero-order chi connectivity index (χ0) is 19.3. The average molecular weight is 363 g/mol. The predicted octanol–water partition coefficient (Wildman–Crippen LogP) is 1.66. The molecule has 0 fully saturated rings. The van der Waals surface area contributed by atoms with Gasteiger partial charge in [0.15, 0.2) is 0 Å². The van der Waals surface area contributed by atoms with E-state index in [1.807, 2.05) is 0 Å². The highest BCUT2D eigenvalue weighted by atomic mass is 19.4. The third-order valence-corrected chi connectivity index (χ3v) is 3.09. The summed E-state index contributed by atoms with van der Waals surface area (Å²) in [5.41, 5.74) is -3.72. The van der Waals surface area contributed by atoms with Crippen LogP contribution in [-0.2, 0) is 19.1 Å². The lowest BCUT2D eigenvalue weighted by molar-refractivity contribution is -0.261. The highest BCUT2D eigenvalue weighted by Crippen LogP contribution is 2.34. The third-order valence-electron chi connectivity index (χ3n) is 3.09. The van der Waals surface area contributed by atoms with Crippen LogP contribution in [-0.4, -0.2) is 48.4 Å². The van der Waals surface area contributed by atoms with Gasteiger partial charge in [-0.3, -0.25) is 4.79 Å². The fourth-order valence-corrected chi connectivity index (χ4v) is 1.80. The highest BCUT2D eigenvalue weighted by molar-refractivity contribution is 5.96. The summed E-state index contributed by atoms with van der Waals surface area (Å²) in [5.74, 6) is -3.86. The van der Waals surface area contributed by atoms with E-state index in [0.717, 1.165) is 0 Å². The Kier molecular flexibility index (Phi) is 6.51. The van der Waals surface area contributed by atoms with Gasteiger partial charge in [0, 0.05) is 5.69 Å². The third kappa shape index (κ3) is 4.92. The molecule has 25 heavy (non-hydrogen) atoms. The van der Waals surface area contributed by atoms with Gasteiger partial charge in [-0.15, -0.1) is 0 Å². The van der Waals surface area contributed by atoms with Gasteiger partial charge in [0.1, 0.15) is 0 Å². The number of amides is 1. The Bertz CT molecular complexity index is 644. The highest BCUT2D eigenvalue weighted by Gasteiger charge is 2.61. The molecule has 0 aliphatic heterocycles. The zero-order valence-corrected chi connectivity index (χ0v) is 13.3. The molecule has 0 saturated carbocycles. The summed E-state index contributed by atoms with van der Waals surface area (Å²) in [6.45, 7) is 1.79. The summed E-state index contributed by atoms with van der Waals surface area (Å²) in [6.07, 6.45) is -6.98. The van der Waals surface area contributed by atoms with E-state index < -0.39 is 36.0 Å². The quantitative estimate of drug-likeness (QED) is 0.746. The fraction of sp³-hybridized carbons (Fsp3) is 0.400. The zero-order valence-electron chi connectivity index (χ0n) is 13.3. The summed E-state index contributed by atoms with van der Waals surface area (Å²) < 4.78 is 47.3. The van der Waals surface area contributed by atoms with Crippen LogP contribution >= 0.6 is 0 Å². The van der Waals surface area contributed by atoms with Crippen LogP contribution in [0.3, 0.4) is 0 Å².